The van der Waals surface area contributed by atoms with Gasteiger partial charge in [0.2, 0.25) is 5.82 Å². The molecule has 0 spiro atoms. The number of pyridine rings is 1. The van der Waals surface area contributed by atoms with Crippen LogP contribution in [0.2, 0.25) is 0 Å². The molecule has 3 rings (SSSR count). The van der Waals surface area contributed by atoms with Gasteiger partial charge in [0, 0.05) is 23.3 Å². The predicted molar refractivity (Wildman–Crippen MR) is 58.5 cm³/mol. The molecule has 0 aliphatic rings. The summed E-state index contributed by atoms with van der Waals surface area (Å²) in [7, 11) is 0. The maximum absolute atomic E-state index is 4.43. The van der Waals surface area contributed by atoms with Gasteiger partial charge >= 0.3 is 0 Å². The van der Waals surface area contributed by atoms with Gasteiger partial charge in [-0.15, -0.1) is 21.5 Å². The van der Waals surface area contributed by atoms with E-state index < -0.39 is 0 Å². The molecule has 0 radical (unpaired) electrons. The third-order valence-corrected chi connectivity index (χ3v) is 2.90. The van der Waals surface area contributed by atoms with Crippen LogP contribution < -0.4 is 0 Å². The first-order valence-corrected chi connectivity index (χ1v) is 5.41. The molecule has 0 saturated carbocycles. The average molecular weight is 230 g/mol. The van der Waals surface area contributed by atoms with Crippen LogP contribution in [0.3, 0.4) is 0 Å². The molecular weight excluding hydrogens is 224 g/mol. The van der Waals surface area contributed by atoms with E-state index in [1.165, 1.54) is 0 Å². The number of H-pyrrole nitrogens is 1. The van der Waals surface area contributed by atoms with E-state index in [4.69, 9.17) is 0 Å². The monoisotopic (exact) mass is 230 g/mol. The number of aromatic amines is 1. The van der Waals surface area contributed by atoms with Gasteiger partial charge < -0.3 is 0 Å². The number of hydrogen-bond acceptors (Lipinski definition) is 6. The molecule has 16 heavy (non-hydrogen) atoms. The molecule has 0 saturated heterocycles. The zero-order chi connectivity index (χ0) is 10.8. The van der Waals surface area contributed by atoms with E-state index in [1.54, 1.807) is 23.7 Å². The fourth-order valence-electron chi connectivity index (χ4n) is 1.27. The van der Waals surface area contributed by atoms with E-state index >= 15 is 0 Å². The topological polar surface area (TPSA) is 80.2 Å². The van der Waals surface area contributed by atoms with Crippen molar-refractivity contribution in [1.29, 1.82) is 0 Å². The first-order valence-electron chi connectivity index (χ1n) is 4.53. The predicted octanol–water partition coefficient (Wildman–Crippen LogP) is 1.39. The van der Waals surface area contributed by atoms with Crippen LogP contribution >= 0.6 is 11.3 Å². The summed E-state index contributed by atoms with van der Waals surface area (Å²) in [5.41, 5.74) is 1.76. The van der Waals surface area contributed by atoms with E-state index in [0.29, 0.717) is 5.82 Å². The van der Waals surface area contributed by atoms with E-state index in [1.807, 2.05) is 17.5 Å². The lowest BCUT2D eigenvalue weighted by Gasteiger charge is -1.92. The second kappa shape index (κ2) is 3.78. The number of aromatic nitrogens is 6. The summed E-state index contributed by atoms with van der Waals surface area (Å²) in [5.74, 6) is 0.511. The lowest BCUT2D eigenvalue weighted by Crippen LogP contribution is -1.82. The van der Waals surface area contributed by atoms with Crippen LogP contribution in [-0.4, -0.2) is 30.6 Å². The summed E-state index contributed by atoms with van der Waals surface area (Å²) < 4.78 is 0. The third kappa shape index (κ3) is 1.57. The maximum atomic E-state index is 4.43. The second-order valence-electron chi connectivity index (χ2n) is 3.01. The molecule has 3 aromatic rings. The molecule has 0 atom stereocenters. The average Bonchev–Trinajstić information content (AvgIpc) is 3.01. The largest absolute Gasteiger partial charge is 0.265 e. The first-order chi connectivity index (χ1) is 7.93. The Hall–Kier alpha value is -2.15. The molecule has 1 N–H and O–H groups in total. The van der Waals surface area contributed by atoms with Gasteiger partial charge in [-0.25, -0.2) is 4.98 Å². The van der Waals surface area contributed by atoms with Crippen LogP contribution in [-0.2, 0) is 0 Å². The molecule has 0 aromatic carbocycles. The second-order valence-corrected chi connectivity index (χ2v) is 3.87. The highest BCUT2D eigenvalue weighted by Crippen LogP contribution is 2.26. The minimum absolute atomic E-state index is 0.511. The number of hydrogen-bond donors (Lipinski definition) is 1. The highest BCUT2D eigenvalue weighted by Gasteiger charge is 2.09. The highest BCUT2D eigenvalue weighted by molar-refractivity contribution is 7.13. The van der Waals surface area contributed by atoms with Crippen molar-refractivity contribution in [3.63, 3.8) is 0 Å². The Morgan fingerprint density at radius 2 is 2.06 bits per heavy atom. The Morgan fingerprint density at radius 3 is 2.81 bits per heavy atom. The van der Waals surface area contributed by atoms with Crippen molar-refractivity contribution < 1.29 is 0 Å². The Bertz CT molecular complexity index is 573. The van der Waals surface area contributed by atoms with Crippen LogP contribution in [0.1, 0.15) is 0 Å². The van der Waals surface area contributed by atoms with Gasteiger partial charge in [-0.1, -0.05) is 0 Å². The molecule has 0 bridgehead atoms. The van der Waals surface area contributed by atoms with Crippen LogP contribution in [0, 0.1) is 0 Å². The van der Waals surface area contributed by atoms with Crippen molar-refractivity contribution in [2.75, 3.05) is 0 Å². The van der Waals surface area contributed by atoms with Gasteiger partial charge in [-0.3, -0.25) is 4.98 Å². The fraction of sp³-hybridized carbons (Fsp3) is 0. The van der Waals surface area contributed by atoms with Gasteiger partial charge in [-0.05, 0) is 17.3 Å². The molecule has 78 valence electrons. The lowest BCUT2D eigenvalue weighted by atomic mass is 10.3. The minimum Gasteiger partial charge on any atom is -0.265 e. The van der Waals surface area contributed by atoms with E-state index in [9.17, 15) is 0 Å². The standard InChI is InChI=1S/C9H6N6S/c1-3-10-4-2-6(1)9-11-7(5-16-9)8-12-14-15-13-8/h1-5H,(H,12,13,14,15). The number of tetrazole rings is 1. The molecule has 3 aromatic heterocycles. The van der Waals surface area contributed by atoms with Crippen LogP contribution in [0.25, 0.3) is 22.1 Å². The lowest BCUT2D eigenvalue weighted by molar-refractivity contribution is 0.881. The number of thiazole rings is 1. The Balaban J connectivity index is 2.00. The quantitative estimate of drug-likeness (QED) is 0.719. The molecule has 7 heteroatoms. The van der Waals surface area contributed by atoms with Crippen molar-refractivity contribution in [1.82, 2.24) is 30.6 Å². The summed E-state index contributed by atoms with van der Waals surface area (Å²) >= 11 is 1.54. The Kier molecular flexibility index (Phi) is 2.15. The maximum Gasteiger partial charge on any atom is 0.223 e. The van der Waals surface area contributed by atoms with E-state index in [-0.39, 0.29) is 0 Å². The molecule has 0 amide bonds. The summed E-state index contributed by atoms with van der Waals surface area (Å²) in [5, 5.41) is 16.5. The third-order valence-electron chi connectivity index (χ3n) is 2.01. The Morgan fingerprint density at radius 1 is 1.19 bits per heavy atom. The first kappa shape index (κ1) is 9.10. The van der Waals surface area contributed by atoms with Crippen LogP contribution in [0.5, 0.6) is 0 Å². The van der Waals surface area contributed by atoms with Gasteiger partial charge in [0.15, 0.2) is 0 Å². The van der Waals surface area contributed by atoms with Crippen molar-refractivity contribution in [2.45, 2.75) is 0 Å². The van der Waals surface area contributed by atoms with Crippen molar-refractivity contribution >= 4 is 11.3 Å². The van der Waals surface area contributed by atoms with Gasteiger partial charge in [0.25, 0.3) is 0 Å². The molecular formula is C9H6N6S. The molecule has 0 unspecified atom stereocenters. The summed E-state index contributed by atoms with van der Waals surface area (Å²) in [6.45, 7) is 0. The van der Waals surface area contributed by atoms with Crippen molar-refractivity contribution in [3.8, 4) is 22.1 Å². The molecule has 0 aliphatic carbocycles. The van der Waals surface area contributed by atoms with Crippen molar-refractivity contribution in [2.24, 2.45) is 0 Å². The number of rotatable bonds is 2. The number of nitrogens with zero attached hydrogens (tertiary/aromatic N) is 5. The summed E-state index contributed by atoms with van der Waals surface area (Å²) in [4.78, 5) is 8.39. The Labute approximate surface area is 94.4 Å². The zero-order valence-electron chi connectivity index (χ0n) is 8.03. The van der Waals surface area contributed by atoms with Crippen molar-refractivity contribution in [3.05, 3.63) is 29.9 Å². The fourth-order valence-corrected chi connectivity index (χ4v) is 2.08. The molecule has 0 fully saturated rings. The highest BCUT2D eigenvalue weighted by atomic mass is 32.1. The SMILES string of the molecule is c1cc(-c2nc(-c3nn[nH]n3)cs2)ccn1. The van der Waals surface area contributed by atoms with Gasteiger partial charge in [0.1, 0.15) is 10.7 Å². The summed E-state index contributed by atoms with van der Waals surface area (Å²) in [6, 6.07) is 3.83. The minimum atomic E-state index is 0.511. The van der Waals surface area contributed by atoms with Crippen LogP contribution in [0.15, 0.2) is 29.9 Å². The van der Waals surface area contributed by atoms with E-state index in [0.717, 1.165) is 16.3 Å². The molecule has 6 nitrogen and oxygen atoms in total. The van der Waals surface area contributed by atoms with Crippen LogP contribution in [0.4, 0.5) is 0 Å². The van der Waals surface area contributed by atoms with E-state index in [2.05, 4.69) is 30.6 Å². The summed E-state index contributed by atoms with van der Waals surface area (Å²) in [6.07, 6.45) is 3.48. The molecule has 0 aliphatic heterocycles. The smallest absolute Gasteiger partial charge is 0.223 e. The number of nitrogens with one attached hydrogen (secondary N) is 1. The van der Waals surface area contributed by atoms with Gasteiger partial charge in [-0.2, -0.15) is 5.21 Å². The zero-order valence-corrected chi connectivity index (χ0v) is 8.85. The van der Waals surface area contributed by atoms with Gasteiger partial charge in [0.05, 0.1) is 0 Å². The molecule has 3 heterocycles. The normalized spacial score (nSPS) is 10.5.